The minimum atomic E-state index is -1.40. The average Bonchev–Trinajstić information content (AvgIpc) is 2.25. The van der Waals surface area contributed by atoms with Crippen LogP contribution in [0.25, 0.3) is 0 Å². The van der Waals surface area contributed by atoms with E-state index in [1.807, 2.05) is 0 Å². The van der Waals surface area contributed by atoms with Crippen molar-refractivity contribution < 1.29 is 15.0 Å². The Morgan fingerprint density at radius 1 is 1.50 bits per heavy atom. The zero-order valence-electron chi connectivity index (χ0n) is 10.7. The van der Waals surface area contributed by atoms with Crippen molar-refractivity contribution in [2.45, 2.75) is 26.4 Å². The molecule has 1 atom stereocenters. The largest absolute Gasteiger partial charge is 0.393 e. The van der Waals surface area contributed by atoms with Crippen molar-refractivity contribution in [1.82, 2.24) is 10.3 Å². The molecule has 0 aliphatic heterocycles. The van der Waals surface area contributed by atoms with Gasteiger partial charge in [-0.25, -0.2) is 0 Å². The first-order chi connectivity index (χ1) is 8.26. The van der Waals surface area contributed by atoms with Crippen LogP contribution in [0.4, 0.5) is 0 Å². The van der Waals surface area contributed by atoms with Gasteiger partial charge in [-0.15, -0.1) is 0 Å². The van der Waals surface area contributed by atoms with Gasteiger partial charge in [0, 0.05) is 12.2 Å². The predicted octanol–water partition coefficient (Wildman–Crippen LogP) is -0.535. The van der Waals surface area contributed by atoms with E-state index in [9.17, 15) is 14.7 Å². The Balaban J connectivity index is 2.89. The molecule has 1 heterocycles. The molecule has 0 aliphatic rings. The lowest BCUT2D eigenvalue weighted by Gasteiger charge is -2.20. The molecule has 6 nitrogen and oxygen atoms in total. The molecule has 1 amide bonds. The van der Waals surface area contributed by atoms with E-state index < -0.39 is 23.7 Å². The van der Waals surface area contributed by atoms with Crippen molar-refractivity contribution in [1.29, 1.82) is 0 Å². The van der Waals surface area contributed by atoms with Crippen molar-refractivity contribution in [3.8, 4) is 0 Å². The molecule has 4 N–H and O–H groups in total. The summed E-state index contributed by atoms with van der Waals surface area (Å²) in [6.45, 7) is 4.18. The van der Waals surface area contributed by atoms with Crippen LogP contribution < -0.4 is 10.9 Å². The molecule has 0 saturated heterocycles. The van der Waals surface area contributed by atoms with Gasteiger partial charge in [-0.05, 0) is 32.4 Å². The smallest absolute Gasteiger partial charge is 0.261 e. The topological polar surface area (TPSA) is 102 Å². The van der Waals surface area contributed by atoms with E-state index in [-0.39, 0.29) is 12.1 Å². The second-order valence-corrected chi connectivity index (χ2v) is 4.68. The van der Waals surface area contributed by atoms with Crippen LogP contribution in [0.1, 0.15) is 28.5 Å². The molecular weight excluding hydrogens is 236 g/mol. The number of aryl methyl sites for hydroxylation is 2. The van der Waals surface area contributed by atoms with E-state index in [4.69, 9.17) is 5.11 Å². The minimum Gasteiger partial charge on any atom is -0.393 e. The summed E-state index contributed by atoms with van der Waals surface area (Å²) in [5.41, 5.74) is -0.599. The molecule has 0 radical (unpaired) electrons. The summed E-state index contributed by atoms with van der Waals surface area (Å²) in [4.78, 5) is 26.0. The van der Waals surface area contributed by atoms with E-state index in [1.54, 1.807) is 19.9 Å². The Hall–Kier alpha value is -1.66. The molecular formula is C12H18N2O4. The lowest BCUT2D eigenvalue weighted by Crippen LogP contribution is -2.44. The molecule has 0 aliphatic carbocycles. The number of carbonyl (C=O) groups excluding carboxylic acids is 1. The molecule has 0 aromatic carbocycles. The molecule has 0 saturated carbocycles. The van der Waals surface area contributed by atoms with Crippen LogP contribution in [0, 0.1) is 13.8 Å². The average molecular weight is 254 g/mol. The highest BCUT2D eigenvalue weighted by Gasteiger charge is 2.22. The first-order valence-electron chi connectivity index (χ1n) is 5.59. The quantitative estimate of drug-likeness (QED) is 0.579. The number of H-pyrrole nitrogens is 1. The standard InChI is InChI=1S/C12H18N2O4/c1-7-4-8(2)14-11(17)9(7)10(16)13-5-12(3,18)6-15/h4,15,18H,5-6H2,1-3H3,(H,13,16)(H,14,17). The van der Waals surface area contributed by atoms with Gasteiger partial charge in [0.2, 0.25) is 0 Å². The summed E-state index contributed by atoms with van der Waals surface area (Å²) in [5.74, 6) is -0.567. The zero-order valence-corrected chi connectivity index (χ0v) is 10.7. The summed E-state index contributed by atoms with van der Waals surface area (Å²) in [6.07, 6.45) is 0. The molecule has 1 unspecified atom stereocenters. The number of nitrogens with one attached hydrogen (secondary N) is 2. The number of amides is 1. The maximum atomic E-state index is 11.8. The van der Waals surface area contributed by atoms with Crippen molar-refractivity contribution in [2.75, 3.05) is 13.2 Å². The summed E-state index contributed by atoms with van der Waals surface area (Å²) in [6, 6.07) is 1.69. The number of hydrogen-bond donors (Lipinski definition) is 4. The first kappa shape index (κ1) is 14.4. The highest BCUT2D eigenvalue weighted by atomic mass is 16.3. The van der Waals surface area contributed by atoms with Gasteiger partial charge in [-0.3, -0.25) is 9.59 Å². The van der Waals surface area contributed by atoms with Gasteiger partial charge < -0.3 is 20.5 Å². The molecule has 0 spiro atoms. The maximum Gasteiger partial charge on any atom is 0.261 e. The van der Waals surface area contributed by atoms with Crippen molar-refractivity contribution in [2.24, 2.45) is 0 Å². The van der Waals surface area contributed by atoms with Gasteiger partial charge >= 0.3 is 0 Å². The van der Waals surface area contributed by atoms with Crippen LogP contribution in [-0.2, 0) is 0 Å². The monoisotopic (exact) mass is 254 g/mol. The van der Waals surface area contributed by atoms with E-state index >= 15 is 0 Å². The number of aliphatic hydroxyl groups excluding tert-OH is 1. The highest BCUT2D eigenvalue weighted by molar-refractivity contribution is 5.95. The fourth-order valence-electron chi connectivity index (χ4n) is 1.55. The summed E-state index contributed by atoms with van der Waals surface area (Å²) >= 11 is 0. The van der Waals surface area contributed by atoms with Crippen molar-refractivity contribution >= 4 is 5.91 Å². The SMILES string of the molecule is Cc1cc(C)c(C(=O)NCC(C)(O)CO)c(=O)[nH]1. The number of rotatable bonds is 4. The lowest BCUT2D eigenvalue weighted by atomic mass is 10.1. The van der Waals surface area contributed by atoms with Crippen molar-refractivity contribution in [3.63, 3.8) is 0 Å². The van der Waals surface area contributed by atoms with Gasteiger partial charge in [0.25, 0.3) is 11.5 Å². The summed E-state index contributed by atoms with van der Waals surface area (Å²) in [5, 5.41) is 20.8. The Bertz CT molecular complexity index is 505. The highest BCUT2D eigenvalue weighted by Crippen LogP contribution is 2.04. The van der Waals surface area contributed by atoms with Gasteiger partial charge in [0.1, 0.15) is 11.2 Å². The number of hydrogen-bond acceptors (Lipinski definition) is 4. The predicted molar refractivity (Wildman–Crippen MR) is 66.6 cm³/mol. The Morgan fingerprint density at radius 3 is 2.61 bits per heavy atom. The van der Waals surface area contributed by atoms with Crippen molar-refractivity contribution in [3.05, 3.63) is 33.2 Å². The third-order valence-electron chi connectivity index (χ3n) is 2.56. The van der Waals surface area contributed by atoms with E-state index in [2.05, 4.69) is 10.3 Å². The van der Waals surface area contributed by atoms with Crippen LogP contribution in [0.2, 0.25) is 0 Å². The van der Waals surface area contributed by atoms with Crippen LogP contribution in [0.5, 0.6) is 0 Å². The Labute approximate surface area is 105 Å². The van der Waals surface area contributed by atoms with Crippen LogP contribution in [-0.4, -0.2) is 39.9 Å². The van der Waals surface area contributed by atoms with E-state index in [1.165, 1.54) is 6.92 Å². The van der Waals surface area contributed by atoms with Crippen LogP contribution in [0.15, 0.2) is 10.9 Å². The zero-order chi connectivity index (χ0) is 13.9. The molecule has 0 bridgehead atoms. The second kappa shape index (κ2) is 5.32. The minimum absolute atomic E-state index is 0.0225. The number of aliphatic hydroxyl groups is 2. The molecule has 1 aromatic heterocycles. The third-order valence-corrected chi connectivity index (χ3v) is 2.56. The number of aromatic nitrogens is 1. The number of pyridine rings is 1. The molecule has 100 valence electrons. The second-order valence-electron chi connectivity index (χ2n) is 4.68. The molecule has 18 heavy (non-hydrogen) atoms. The molecule has 1 rings (SSSR count). The molecule has 6 heteroatoms. The fraction of sp³-hybridized carbons (Fsp3) is 0.500. The van der Waals surface area contributed by atoms with Gasteiger partial charge in [0.05, 0.1) is 6.61 Å². The van der Waals surface area contributed by atoms with E-state index in [0.717, 1.165) is 0 Å². The molecule has 0 fully saturated rings. The fourth-order valence-corrected chi connectivity index (χ4v) is 1.55. The maximum absolute atomic E-state index is 11.8. The number of aromatic amines is 1. The van der Waals surface area contributed by atoms with E-state index in [0.29, 0.717) is 11.3 Å². The Morgan fingerprint density at radius 2 is 2.11 bits per heavy atom. The van der Waals surface area contributed by atoms with Crippen LogP contribution >= 0.6 is 0 Å². The van der Waals surface area contributed by atoms with Crippen LogP contribution in [0.3, 0.4) is 0 Å². The Kier molecular flexibility index (Phi) is 4.26. The van der Waals surface area contributed by atoms with Gasteiger partial charge in [-0.2, -0.15) is 0 Å². The summed E-state index contributed by atoms with van der Waals surface area (Å²) < 4.78 is 0. The number of carbonyl (C=O) groups is 1. The third kappa shape index (κ3) is 3.41. The molecule has 1 aromatic rings. The normalized spacial score (nSPS) is 14.1. The summed E-state index contributed by atoms with van der Waals surface area (Å²) in [7, 11) is 0. The lowest BCUT2D eigenvalue weighted by molar-refractivity contribution is 0.00318. The van der Waals surface area contributed by atoms with Gasteiger partial charge in [0.15, 0.2) is 0 Å². The van der Waals surface area contributed by atoms with Gasteiger partial charge in [-0.1, -0.05) is 0 Å². The first-order valence-corrected chi connectivity index (χ1v) is 5.59.